The smallest absolute Gasteiger partial charge is 0.339 e. The van der Waals surface area contributed by atoms with Crippen molar-refractivity contribution < 1.29 is 9.53 Å². The van der Waals surface area contributed by atoms with Gasteiger partial charge in [-0.15, -0.1) is 0 Å². The van der Waals surface area contributed by atoms with Gasteiger partial charge in [0, 0.05) is 27.6 Å². The van der Waals surface area contributed by atoms with Crippen LogP contribution in [0.1, 0.15) is 5.69 Å². The van der Waals surface area contributed by atoms with E-state index in [-0.39, 0.29) is 5.57 Å². The second-order valence-corrected chi connectivity index (χ2v) is 4.72. The molecule has 0 radical (unpaired) electrons. The third kappa shape index (κ3) is 2.23. The SMILES string of the molecule is C=C(C(=O)OC)c1ncc(Br)c2cnc(Cl)cc12. The molecular weight excluding hydrogens is 320 g/mol. The van der Waals surface area contributed by atoms with Crippen LogP contribution in [0.25, 0.3) is 16.3 Å². The number of halogens is 2. The van der Waals surface area contributed by atoms with Crippen LogP contribution in [0.5, 0.6) is 0 Å². The standard InChI is InChI=1S/C12H8BrClN2O2/c1-6(12(17)18-2)11-7-3-10(14)15-4-8(7)9(13)5-16-11/h3-5H,1H2,2H3. The summed E-state index contributed by atoms with van der Waals surface area (Å²) < 4.78 is 5.40. The van der Waals surface area contributed by atoms with Gasteiger partial charge in [-0.1, -0.05) is 18.2 Å². The summed E-state index contributed by atoms with van der Waals surface area (Å²) in [5, 5.41) is 1.82. The van der Waals surface area contributed by atoms with Gasteiger partial charge in [0.25, 0.3) is 0 Å². The number of carbonyl (C=O) groups excluding carboxylic acids is 1. The van der Waals surface area contributed by atoms with Gasteiger partial charge in [0.2, 0.25) is 0 Å². The fourth-order valence-corrected chi connectivity index (χ4v) is 2.11. The maximum atomic E-state index is 11.5. The van der Waals surface area contributed by atoms with Gasteiger partial charge >= 0.3 is 5.97 Å². The summed E-state index contributed by atoms with van der Waals surface area (Å²) in [5.74, 6) is -0.529. The average molecular weight is 328 g/mol. The van der Waals surface area contributed by atoms with E-state index >= 15 is 0 Å². The Labute approximate surface area is 117 Å². The van der Waals surface area contributed by atoms with Crippen LogP contribution in [0.2, 0.25) is 5.15 Å². The topological polar surface area (TPSA) is 52.1 Å². The van der Waals surface area contributed by atoms with Crippen LogP contribution in [0.4, 0.5) is 0 Å². The Morgan fingerprint density at radius 3 is 2.78 bits per heavy atom. The third-order valence-electron chi connectivity index (χ3n) is 2.41. The Balaban J connectivity index is 2.72. The van der Waals surface area contributed by atoms with Crippen molar-refractivity contribution in [1.29, 1.82) is 0 Å². The molecule has 0 N–H and O–H groups in total. The minimum atomic E-state index is -0.529. The summed E-state index contributed by atoms with van der Waals surface area (Å²) in [6, 6.07) is 1.64. The maximum absolute atomic E-state index is 11.5. The molecule has 2 aromatic heterocycles. The fourth-order valence-electron chi connectivity index (χ4n) is 1.54. The molecule has 2 aromatic rings. The van der Waals surface area contributed by atoms with E-state index in [0.29, 0.717) is 16.2 Å². The minimum Gasteiger partial charge on any atom is -0.465 e. The van der Waals surface area contributed by atoms with Crippen LogP contribution in [0.15, 0.2) is 29.5 Å². The number of fused-ring (bicyclic) bond motifs is 1. The molecule has 92 valence electrons. The molecule has 0 aliphatic heterocycles. The van der Waals surface area contributed by atoms with Crippen LogP contribution in [0.3, 0.4) is 0 Å². The first kappa shape index (κ1) is 13.0. The third-order valence-corrected chi connectivity index (χ3v) is 3.25. The lowest BCUT2D eigenvalue weighted by atomic mass is 10.1. The van der Waals surface area contributed by atoms with E-state index in [1.165, 1.54) is 7.11 Å². The van der Waals surface area contributed by atoms with Gasteiger partial charge in [-0.2, -0.15) is 0 Å². The zero-order valence-corrected chi connectivity index (χ0v) is 11.7. The molecule has 0 unspecified atom stereocenters. The summed E-state index contributed by atoms with van der Waals surface area (Å²) in [6.07, 6.45) is 3.19. The molecule has 0 fully saturated rings. The van der Waals surface area contributed by atoms with Gasteiger partial charge in [0.1, 0.15) is 5.15 Å². The zero-order valence-electron chi connectivity index (χ0n) is 9.41. The molecule has 0 aliphatic carbocycles. The van der Waals surface area contributed by atoms with E-state index in [2.05, 4.69) is 37.2 Å². The number of pyridine rings is 2. The van der Waals surface area contributed by atoms with Gasteiger partial charge in [-0.05, 0) is 22.0 Å². The number of methoxy groups -OCH3 is 1. The molecule has 0 atom stereocenters. The number of rotatable bonds is 2. The summed E-state index contributed by atoms with van der Waals surface area (Å²) in [5.41, 5.74) is 0.613. The highest BCUT2D eigenvalue weighted by Crippen LogP contribution is 2.29. The van der Waals surface area contributed by atoms with Gasteiger partial charge in [0.05, 0.1) is 18.4 Å². The van der Waals surface area contributed by atoms with Crippen molar-refractivity contribution in [3.63, 3.8) is 0 Å². The molecule has 0 saturated heterocycles. The lowest BCUT2D eigenvalue weighted by Crippen LogP contribution is -2.05. The maximum Gasteiger partial charge on any atom is 0.339 e. The van der Waals surface area contributed by atoms with Crippen LogP contribution >= 0.6 is 27.5 Å². The number of esters is 1. The van der Waals surface area contributed by atoms with E-state index in [1.54, 1.807) is 18.5 Å². The first-order valence-electron chi connectivity index (χ1n) is 4.92. The largest absolute Gasteiger partial charge is 0.465 e. The number of carbonyl (C=O) groups is 1. The lowest BCUT2D eigenvalue weighted by molar-refractivity contribution is -0.133. The molecule has 0 aliphatic rings. The van der Waals surface area contributed by atoms with E-state index < -0.39 is 5.97 Å². The molecule has 0 spiro atoms. The van der Waals surface area contributed by atoms with Crippen LogP contribution in [0, 0.1) is 0 Å². The molecule has 4 nitrogen and oxygen atoms in total. The zero-order chi connectivity index (χ0) is 13.3. The molecule has 18 heavy (non-hydrogen) atoms. The first-order valence-corrected chi connectivity index (χ1v) is 6.09. The first-order chi connectivity index (χ1) is 8.54. The molecule has 0 amide bonds. The average Bonchev–Trinajstić information content (AvgIpc) is 2.37. The van der Waals surface area contributed by atoms with Crippen LogP contribution in [-0.2, 0) is 9.53 Å². The van der Waals surface area contributed by atoms with Crippen molar-refractivity contribution in [3.05, 3.63) is 40.4 Å². The normalized spacial score (nSPS) is 10.4. The Kier molecular flexibility index (Phi) is 3.63. The second kappa shape index (κ2) is 5.04. The van der Waals surface area contributed by atoms with E-state index in [1.807, 2.05) is 0 Å². The highest BCUT2D eigenvalue weighted by Gasteiger charge is 2.16. The number of nitrogens with zero attached hydrogens (tertiary/aromatic N) is 2. The highest BCUT2D eigenvalue weighted by molar-refractivity contribution is 9.10. The van der Waals surface area contributed by atoms with Gasteiger partial charge in [-0.25, -0.2) is 9.78 Å². The number of ether oxygens (including phenoxy) is 1. The van der Waals surface area contributed by atoms with Crippen molar-refractivity contribution in [1.82, 2.24) is 9.97 Å². The predicted molar refractivity (Wildman–Crippen MR) is 73.3 cm³/mol. The lowest BCUT2D eigenvalue weighted by Gasteiger charge is -2.08. The van der Waals surface area contributed by atoms with Crippen LogP contribution in [-0.4, -0.2) is 23.0 Å². The van der Waals surface area contributed by atoms with Crippen LogP contribution < -0.4 is 0 Å². The molecule has 0 bridgehead atoms. The highest BCUT2D eigenvalue weighted by atomic mass is 79.9. The molecule has 2 heterocycles. The summed E-state index contributed by atoms with van der Waals surface area (Å²) >= 11 is 9.23. The van der Waals surface area contributed by atoms with Crippen molar-refractivity contribution in [2.45, 2.75) is 0 Å². The monoisotopic (exact) mass is 326 g/mol. The summed E-state index contributed by atoms with van der Waals surface area (Å²) in [6.45, 7) is 3.69. The van der Waals surface area contributed by atoms with Crippen molar-refractivity contribution in [2.24, 2.45) is 0 Å². The number of aromatic nitrogens is 2. The summed E-state index contributed by atoms with van der Waals surface area (Å²) in [7, 11) is 1.29. The van der Waals surface area contributed by atoms with Gasteiger partial charge < -0.3 is 4.74 Å². The Morgan fingerprint density at radius 1 is 1.39 bits per heavy atom. The second-order valence-electron chi connectivity index (χ2n) is 3.48. The molecule has 0 aromatic carbocycles. The molecule has 6 heteroatoms. The Bertz CT molecular complexity index is 658. The minimum absolute atomic E-state index is 0.178. The van der Waals surface area contributed by atoms with Crippen molar-refractivity contribution >= 4 is 49.8 Å². The van der Waals surface area contributed by atoms with E-state index in [0.717, 1.165) is 9.86 Å². The molecular formula is C12H8BrClN2O2. The number of hydrogen-bond donors (Lipinski definition) is 0. The molecule has 2 rings (SSSR count). The van der Waals surface area contributed by atoms with Gasteiger partial charge in [-0.3, -0.25) is 4.98 Å². The van der Waals surface area contributed by atoms with Crippen molar-refractivity contribution in [2.75, 3.05) is 7.11 Å². The Hall–Kier alpha value is -1.46. The molecule has 0 saturated carbocycles. The number of hydrogen-bond acceptors (Lipinski definition) is 4. The van der Waals surface area contributed by atoms with E-state index in [9.17, 15) is 4.79 Å². The predicted octanol–water partition coefficient (Wildman–Crippen LogP) is 3.23. The van der Waals surface area contributed by atoms with Crippen molar-refractivity contribution in [3.8, 4) is 0 Å². The van der Waals surface area contributed by atoms with Gasteiger partial charge in [0.15, 0.2) is 0 Å². The Morgan fingerprint density at radius 2 is 2.11 bits per heavy atom. The quantitative estimate of drug-likeness (QED) is 0.483. The fraction of sp³-hybridized carbons (Fsp3) is 0.0833. The summed E-state index contributed by atoms with van der Waals surface area (Å²) in [4.78, 5) is 19.7. The van der Waals surface area contributed by atoms with E-state index in [4.69, 9.17) is 11.6 Å².